The van der Waals surface area contributed by atoms with Gasteiger partial charge in [0.2, 0.25) is 0 Å². The van der Waals surface area contributed by atoms with E-state index in [0.717, 1.165) is 5.25 Å². The molecule has 1 N–H and O–H groups in total. The van der Waals surface area contributed by atoms with Crippen LogP contribution in [0, 0.1) is 5.41 Å². The van der Waals surface area contributed by atoms with Crippen LogP contribution >= 0.6 is 11.8 Å². The molecule has 1 atom stereocenters. The molecule has 15 heavy (non-hydrogen) atoms. The quantitative estimate of drug-likeness (QED) is 0.776. The van der Waals surface area contributed by atoms with Crippen molar-refractivity contribution in [3.63, 3.8) is 0 Å². The van der Waals surface area contributed by atoms with Gasteiger partial charge in [-0.1, -0.05) is 13.8 Å². The summed E-state index contributed by atoms with van der Waals surface area (Å²) in [6, 6.07) is 0. The molecule has 2 nitrogen and oxygen atoms in total. The summed E-state index contributed by atoms with van der Waals surface area (Å²) in [6.07, 6.45) is 2.70. The van der Waals surface area contributed by atoms with E-state index in [1.54, 1.807) is 0 Å². The molecule has 2 rings (SSSR count). The Morgan fingerprint density at radius 3 is 2.80 bits per heavy atom. The van der Waals surface area contributed by atoms with Crippen molar-refractivity contribution in [3.8, 4) is 0 Å². The second kappa shape index (κ2) is 5.07. The van der Waals surface area contributed by atoms with Crippen LogP contribution in [0.15, 0.2) is 0 Å². The number of piperidine rings is 1. The molecule has 2 saturated heterocycles. The summed E-state index contributed by atoms with van der Waals surface area (Å²) in [7, 11) is 0. The van der Waals surface area contributed by atoms with Crippen LogP contribution in [0.25, 0.3) is 0 Å². The Morgan fingerprint density at radius 2 is 2.13 bits per heavy atom. The third kappa shape index (κ3) is 3.36. The predicted molar refractivity (Wildman–Crippen MR) is 68.6 cm³/mol. The van der Waals surface area contributed by atoms with Gasteiger partial charge in [0, 0.05) is 30.6 Å². The van der Waals surface area contributed by atoms with Crippen LogP contribution in [0.2, 0.25) is 0 Å². The second-order valence-corrected chi connectivity index (χ2v) is 7.02. The van der Waals surface area contributed by atoms with Crippen molar-refractivity contribution in [2.75, 3.05) is 38.5 Å². The van der Waals surface area contributed by atoms with E-state index in [0.29, 0.717) is 5.41 Å². The van der Waals surface area contributed by atoms with E-state index in [2.05, 4.69) is 35.8 Å². The van der Waals surface area contributed by atoms with Crippen LogP contribution in [0.4, 0.5) is 0 Å². The molecule has 0 bridgehead atoms. The summed E-state index contributed by atoms with van der Waals surface area (Å²) in [5.74, 6) is 1.33. The lowest BCUT2D eigenvalue weighted by Gasteiger charge is -2.41. The highest BCUT2D eigenvalue weighted by Gasteiger charge is 2.30. The fraction of sp³-hybridized carbons (Fsp3) is 1.00. The molecule has 0 saturated carbocycles. The Hall–Kier alpha value is 0.270. The predicted octanol–water partition coefficient (Wildman–Crippen LogP) is 1.81. The normalized spacial score (nSPS) is 32.8. The maximum Gasteiger partial charge on any atom is 0.0147 e. The highest BCUT2D eigenvalue weighted by atomic mass is 32.2. The van der Waals surface area contributed by atoms with E-state index in [9.17, 15) is 0 Å². The number of nitrogens with one attached hydrogen (secondary N) is 1. The molecule has 88 valence electrons. The maximum absolute atomic E-state index is 3.46. The first-order valence-corrected chi connectivity index (χ1v) is 7.28. The smallest absolute Gasteiger partial charge is 0.0147 e. The molecule has 1 unspecified atom stereocenters. The summed E-state index contributed by atoms with van der Waals surface area (Å²) in [6.45, 7) is 11.2. The second-order valence-electron chi connectivity index (χ2n) is 5.48. The third-order valence-electron chi connectivity index (χ3n) is 3.74. The van der Waals surface area contributed by atoms with E-state index in [4.69, 9.17) is 0 Å². The highest BCUT2D eigenvalue weighted by molar-refractivity contribution is 7.99. The summed E-state index contributed by atoms with van der Waals surface area (Å²) in [4.78, 5) is 2.69. The van der Waals surface area contributed by atoms with Gasteiger partial charge < -0.3 is 10.2 Å². The van der Waals surface area contributed by atoms with E-state index >= 15 is 0 Å². The summed E-state index contributed by atoms with van der Waals surface area (Å²) in [5, 5.41) is 4.30. The van der Waals surface area contributed by atoms with Crippen molar-refractivity contribution < 1.29 is 0 Å². The van der Waals surface area contributed by atoms with Crippen LogP contribution < -0.4 is 5.32 Å². The molecule has 0 aromatic heterocycles. The number of nitrogens with zero attached hydrogens (tertiary/aromatic N) is 1. The van der Waals surface area contributed by atoms with Gasteiger partial charge in [-0.25, -0.2) is 0 Å². The van der Waals surface area contributed by atoms with Crippen molar-refractivity contribution in [3.05, 3.63) is 0 Å². The van der Waals surface area contributed by atoms with Gasteiger partial charge in [-0.2, -0.15) is 11.8 Å². The van der Waals surface area contributed by atoms with Crippen molar-refractivity contribution in [2.45, 2.75) is 31.9 Å². The zero-order valence-electron chi connectivity index (χ0n) is 10.1. The summed E-state index contributed by atoms with van der Waals surface area (Å²) in [5.41, 5.74) is 0.576. The minimum Gasteiger partial charge on any atom is -0.317 e. The number of thioether (sulfide) groups is 1. The molecule has 0 aliphatic carbocycles. The molecule has 0 amide bonds. The Bertz CT molecular complexity index is 202. The molecule has 0 spiro atoms. The third-order valence-corrected chi connectivity index (χ3v) is 4.88. The lowest BCUT2D eigenvalue weighted by Crippen LogP contribution is -2.46. The molecular weight excluding hydrogens is 204 g/mol. The number of hydrogen-bond acceptors (Lipinski definition) is 3. The lowest BCUT2D eigenvalue weighted by atomic mass is 9.80. The fourth-order valence-electron chi connectivity index (χ4n) is 2.76. The van der Waals surface area contributed by atoms with Gasteiger partial charge in [-0.3, -0.25) is 0 Å². The molecule has 0 radical (unpaired) electrons. The first-order chi connectivity index (χ1) is 7.18. The SMILES string of the molecule is CC1CN(CC2(C)CCNCC2)CCS1. The van der Waals surface area contributed by atoms with E-state index in [1.165, 1.54) is 51.3 Å². The Balaban J connectivity index is 1.83. The van der Waals surface area contributed by atoms with Gasteiger partial charge in [0.15, 0.2) is 0 Å². The van der Waals surface area contributed by atoms with Crippen LogP contribution in [-0.2, 0) is 0 Å². The van der Waals surface area contributed by atoms with Gasteiger partial charge in [0.25, 0.3) is 0 Å². The summed E-state index contributed by atoms with van der Waals surface area (Å²) < 4.78 is 0. The van der Waals surface area contributed by atoms with Crippen LogP contribution in [0.1, 0.15) is 26.7 Å². The van der Waals surface area contributed by atoms with Crippen molar-refractivity contribution in [2.24, 2.45) is 5.41 Å². The first-order valence-electron chi connectivity index (χ1n) is 6.23. The van der Waals surface area contributed by atoms with Crippen molar-refractivity contribution >= 4 is 11.8 Å². The molecule has 2 aliphatic rings. The van der Waals surface area contributed by atoms with Gasteiger partial charge >= 0.3 is 0 Å². The zero-order valence-corrected chi connectivity index (χ0v) is 10.9. The van der Waals surface area contributed by atoms with Crippen molar-refractivity contribution in [1.82, 2.24) is 10.2 Å². The molecule has 2 fully saturated rings. The highest BCUT2D eigenvalue weighted by Crippen LogP contribution is 2.30. The van der Waals surface area contributed by atoms with Gasteiger partial charge in [0.05, 0.1) is 0 Å². The van der Waals surface area contributed by atoms with Crippen LogP contribution in [0.3, 0.4) is 0 Å². The molecular formula is C12H24N2S. The van der Waals surface area contributed by atoms with E-state index < -0.39 is 0 Å². The average molecular weight is 228 g/mol. The molecule has 0 aromatic carbocycles. The minimum atomic E-state index is 0.576. The van der Waals surface area contributed by atoms with Crippen molar-refractivity contribution in [1.29, 1.82) is 0 Å². The molecule has 3 heteroatoms. The lowest BCUT2D eigenvalue weighted by molar-refractivity contribution is 0.132. The maximum atomic E-state index is 3.46. The monoisotopic (exact) mass is 228 g/mol. The average Bonchev–Trinajstić information content (AvgIpc) is 2.18. The fourth-order valence-corrected chi connectivity index (χ4v) is 3.84. The van der Waals surface area contributed by atoms with Crippen LogP contribution in [-0.4, -0.2) is 48.6 Å². The van der Waals surface area contributed by atoms with E-state index in [1.807, 2.05) is 0 Å². The number of hydrogen-bond donors (Lipinski definition) is 1. The standard InChI is InChI=1S/C12H24N2S/c1-11-9-14(7-8-15-11)10-12(2)3-5-13-6-4-12/h11,13H,3-10H2,1-2H3. The summed E-state index contributed by atoms with van der Waals surface area (Å²) >= 11 is 2.13. The van der Waals surface area contributed by atoms with Crippen LogP contribution in [0.5, 0.6) is 0 Å². The van der Waals surface area contributed by atoms with Gasteiger partial charge in [-0.15, -0.1) is 0 Å². The zero-order chi connectivity index (χ0) is 10.7. The topological polar surface area (TPSA) is 15.3 Å². The van der Waals surface area contributed by atoms with Gasteiger partial charge in [0.1, 0.15) is 0 Å². The number of rotatable bonds is 2. The van der Waals surface area contributed by atoms with Gasteiger partial charge in [-0.05, 0) is 31.3 Å². The minimum absolute atomic E-state index is 0.576. The Kier molecular flexibility index (Phi) is 3.97. The molecule has 2 heterocycles. The Labute approximate surface area is 98.2 Å². The molecule has 2 aliphatic heterocycles. The Morgan fingerprint density at radius 1 is 1.40 bits per heavy atom. The van der Waals surface area contributed by atoms with E-state index in [-0.39, 0.29) is 0 Å². The first kappa shape index (κ1) is 11.7. The largest absolute Gasteiger partial charge is 0.317 e. The molecule has 0 aromatic rings.